The lowest BCUT2D eigenvalue weighted by Gasteiger charge is -2.35. The van der Waals surface area contributed by atoms with Crippen LogP contribution in [0.15, 0.2) is 30.3 Å². The smallest absolute Gasteiger partial charge is 0.248 e. The standard InChI is InChI=1S/C16H21N3O2/c1-11-9-19(10-12(2)18-11)15(20)8-5-13-3-6-14(7-4-13)16(17)21/h3-8,11-12,18H,9-10H2,1-2H3,(H2,17,21). The molecule has 1 saturated heterocycles. The Morgan fingerprint density at radius 1 is 1.19 bits per heavy atom. The largest absolute Gasteiger partial charge is 0.366 e. The fraction of sp³-hybridized carbons (Fsp3) is 0.375. The van der Waals surface area contributed by atoms with Gasteiger partial charge in [0.05, 0.1) is 0 Å². The van der Waals surface area contributed by atoms with E-state index in [1.807, 2.05) is 4.90 Å². The van der Waals surface area contributed by atoms with Gasteiger partial charge in [-0.1, -0.05) is 12.1 Å². The molecule has 0 aliphatic carbocycles. The van der Waals surface area contributed by atoms with E-state index in [1.165, 1.54) is 0 Å². The van der Waals surface area contributed by atoms with E-state index in [9.17, 15) is 9.59 Å². The van der Waals surface area contributed by atoms with Gasteiger partial charge in [0.2, 0.25) is 11.8 Å². The highest BCUT2D eigenvalue weighted by Crippen LogP contribution is 2.08. The summed E-state index contributed by atoms with van der Waals surface area (Å²) in [5.41, 5.74) is 6.51. The van der Waals surface area contributed by atoms with Gasteiger partial charge in [0.1, 0.15) is 0 Å². The average molecular weight is 287 g/mol. The first-order valence-electron chi connectivity index (χ1n) is 7.08. The quantitative estimate of drug-likeness (QED) is 0.815. The van der Waals surface area contributed by atoms with Gasteiger partial charge >= 0.3 is 0 Å². The highest BCUT2D eigenvalue weighted by molar-refractivity contribution is 5.94. The molecular weight excluding hydrogens is 266 g/mol. The van der Waals surface area contributed by atoms with E-state index in [2.05, 4.69) is 19.2 Å². The van der Waals surface area contributed by atoms with Crippen LogP contribution in [-0.4, -0.2) is 41.9 Å². The van der Waals surface area contributed by atoms with Crippen molar-refractivity contribution < 1.29 is 9.59 Å². The topological polar surface area (TPSA) is 75.4 Å². The summed E-state index contributed by atoms with van der Waals surface area (Å²) >= 11 is 0. The van der Waals surface area contributed by atoms with Gasteiger partial charge < -0.3 is 16.0 Å². The van der Waals surface area contributed by atoms with E-state index in [-0.39, 0.29) is 5.91 Å². The number of nitrogens with zero attached hydrogens (tertiary/aromatic N) is 1. The molecule has 0 spiro atoms. The molecule has 0 radical (unpaired) electrons. The summed E-state index contributed by atoms with van der Waals surface area (Å²) in [5, 5.41) is 3.39. The summed E-state index contributed by atoms with van der Waals surface area (Å²) in [6, 6.07) is 7.46. The summed E-state index contributed by atoms with van der Waals surface area (Å²) in [5.74, 6) is -0.445. The van der Waals surface area contributed by atoms with Crippen molar-refractivity contribution in [3.8, 4) is 0 Å². The zero-order chi connectivity index (χ0) is 15.4. The van der Waals surface area contributed by atoms with E-state index < -0.39 is 5.91 Å². The van der Waals surface area contributed by atoms with Crippen LogP contribution >= 0.6 is 0 Å². The summed E-state index contributed by atoms with van der Waals surface area (Å²) < 4.78 is 0. The average Bonchev–Trinajstić information content (AvgIpc) is 2.44. The lowest BCUT2D eigenvalue weighted by atomic mass is 10.1. The zero-order valence-corrected chi connectivity index (χ0v) is 12.4. The van der Waals surface area contributed by atoms with Crippen LogP contribution in [-0.2, 0) is 4.79 Å². The molecule has 0 saturated carbocycles. The van der Waals surface area contributed by atoms with Crippen LogP contribution in [0.5, 0.6) is 0 Å². The number of carbonyl (C=O) groups excluding carboxylic acids is 2. The molecule has 0 aromatic heterocycles. The van der Waals surface area contributed by atoms with Crippen molar-refractivity contribution in [2.24, 2.45) is 5.73 Å². The summed E-state index contributed by atoms with van der Waals surface area (Å²) in [4.78, 5) is 25.0. The molecule has 2 rings (SSSR count). The van der Waals surface area contributed by atoms with Crippen LogP contribution in [0.1, 0.15) is 29.8 Å². The molecule has 1 heterocycles. The van der Waals surface area contributed by atoms with Crippen molar-refractivity contribution in [3.05, 3.63) is 41.5 Å². The van der Waals surface area contributed by atoms with Gasteiger partial charge in [0.25, 0.3) is 0 Å². The van der Waals surface area contributed by atoms with Crippen LogP contribution in [0.4, 0.5) is 0 Å². The monoisotopic (exact) mass is 287 g/mol. The van der Waals surface area contributed by atoms with E-state index >= 15 is 0 Å². The Labute approximate surface area is 124 Å². The molecule has 1 aromatic carbocycles. The van der Waals surface area contributed by atoms with Crippen LogP contribution in [0.3, 0.4) is 0 Å². The second-order valence-electron chi connectivity index (χ2n) is 5.53. The van der Waals surface area contributed by atoms with Gasteiger partial charge in [-0.3, -0.25) is 9.59 Å². The van der Waals surface area contributed by atoms with Crippen LogP contribution < -0.4 is 11.1 Å². The van der Waals surface area contributed by atoms with E-state index in [0.717, 1.165) is 5.56 Å². The first-order valence-corrected chi connectivity index (χ1v) is 7.08. The number of hydrogen-bond acceptors (Lipinski definition) is 3. The Bertz CT molecular complexity index is 541. The van der Waals surface area contributed by atoms with Crippen LogP contribution in [0.25, 0.3) is 6.08 Å². The van der Waals surface area contributed by atoms with Crippen molar-refractivity contribution in [2.75, 3.05) is 13.1 Å². The van der Waals surface area contributed by atoms with Gasteiger partial charge in [-0.25, -0.2) is 0 Å². The number of piperazine rings is 1. The van der Waals surface area contributed by atoms with Gasteiger partial charge in [0, 0.05) is 36.8 Å². The number of primary amides is 1. The maximum atomic E-state index is 12.2. The zero-order valence-electron chi connectivity index (χ0n) is 12.4. The second-order valence-corrected chi connectivity index (χ2v) is 5.53. The molecule has 1 aliphatic heterocycles. The molecule has 21 heavy (non-hydrogen) atoms. The minimum atomic E-state index is -0.453. The van der Waals surface area contributed by atoms with Crippen molar-refractivity contribution in [1.29, 1.82) is 0 Å². The van der Waals surface area contributed by atoms with Crippen molar-refractivity contribution in [1.82, 2.24) is 10.2 Å². The second kappa shape index (κ2) is 6.54. The number of hydrogen-bond donors (Lipinski definition) is 2. The number of amides is 2. The molecular formula is C16H21N3O2. The first-order chi connectivity index (χ1) is 9.95. The Kier molecular flexibility index (Phi) is 4.75. The molecule has 0 bridgehead atoms. The van der Waals surface area contributed by atoms with E-state index in [4.69, 9.17) is 5.73 Å². The Morgan fingerprint density at radius 3 is 2.29 bits per heavy atom. The maximum absolute atomic E-state index is 12.2. The van der Waals surface area contributed by atoms with Gasteiger partial charge in [-0.15, -0.1) is 0 Å². The third-order valence-corrected chi connectivity index (χ3v) is 3.48. The number of carbonyl (C=O) groups is 2. The minimum Gasteiger partial charge on any atom is -0.366 e. The fourth-order valence-electron chi connectivity index (χ4n) is 2.54. The number of rotatable bonds is 3. The van der Waals surface area contributed by atoms with Crippen LogP contribution in [0, 0.1) is 0 Å². The maximum Gasteiger partial charge on any atom is 0.248 e. The lowest BCUT2D eigenvalue weighted by molar-refractivity contribution is -0.127. The van der Waals surface area contributed by atoms with E-state index in [1.54, 1.807) is 36.4 Å². The lowest BCUT2D eigenvalue weighted by Crippen LogP contribution is -2.55. The van der Waals surface area contributed by atoms with Gasteiger partial charge in [-0.2, -0.15) is 0 Å². The molecule has 112 valence electrons. The van der Waals surface area contributed by atoms with Crippen LogP contribution in [0.2, 0.25) is 0 Å². The van der Waals surface area contributed by atoms with Gasteiger partial charge in [0.15, 0.2) is 0 Å². The van der Waals surface area contributed by atoms with Crippen molar-refractivity contribution >= 4 is 17.9 Å². The SMILES string of the molecule is CC1CN(C(=O)C=Cc2ccc(C(N)=O)cc2)CC(C)N1. The number of nitrogens with one attached hydrogen (secondary N) is 1. The molecule has 3 N–H and O–H groups in total. The summed E-state index contributed by atoms with van der Waals surface area (Å²) in [6.45, 7) is 5.58. The van der Waals surface area contributed by atoms with Gasteiger partial charge in [-0.05, 0) is 37.6 Å². The molecule has 2 amide bonds. The Balaban J connectivity index is 1.99. The third-order valence-electron chi connectivity index (χ3n) is 3.48. The predicted octanol–water partition coefficient (Wildman–Crippen LogP) is 1.01. The summed E-state index contributed by atoms with van der Waals surface area (Å²) in [6.07, 6.45) is 3.33. The Hall–Kier alpha value is -2.14. The number of nitrogens with two attached hydrogens (primary N) is 1. The molecule has 2 atom stereocenters. The minimum absolute atomic E-state index is 0.00850. The normalized spacial score (nSPS) is 22.5. The molecule has 1 aromatic rings. The van der Waals surface area contributed by atoms with Crippen molar-refractivity contribution in [3.63, 3.8) is 0 Å². The predicted molar refractivity (Wildman–Crippen MR) is 82.6 cm³/mol. The highest BCUT2D eigenvalue weighted by Gasteiger charge is 2.23. The van der Waals surface area contributed by atoms with Crippen molar-refractivity contribution in [2.45, 2.75) is 25.9 Å². The molecule has 1 aliphatic rings. The third kappa shape index (κ3) is 4.16. The molecule has 5 heteroatoms. The fourth-order valence-corrected chi connectivity index (χ4v) is 2.54. The number of benzene rings is 1. The molecule has 5 nitrogen and oxygen atoms in total. The first kappa shape index (κ1) is 15.3. The van der Waals surface area contributed by atoms with E-state index in [0.29, 0.717) is 30.7 Å². The highest BCUT2D eigenvalue weighted by atomic mass is 16.2. The summed E-state index contributed by atoms with van der Waals surface area (Å²) in [7, 11) is 0. The Morgan fingerprint density at radius 2 is 1.76 bits per heavy atom. The molecule has 2 unspecified atom stereocenters. The molecule has 1 fully saturated rings.